The standard InChI is InChI=1S/C25H20F2O4S2/c1-30-20-13-15-23(16-14-20)32(21-8-4-2-5-9-21,22-10-6-3-7-11-22)31-33(28,29)25-17-12-19(26)18-24(25)27/h2-18H,1H3. The summed E-state index contributed by atoms with van der Waals surface area (Å²) in [6, 6.07) is 26.9. The largest absolute Gasteiger partial charge is 0.497 e. The van der Waals surface area contributed by atoms with Crippen molar-refractivity contribution >= 4 is 20.4 Å². The molecule has 0 fully saturated rings. The highest BCUT2D eigenvalue weighted by Gasteiger charge is 2.39. The average Bonchev–Trinajstić information content (AvgIpc) is 2.83. The van der Waals surface area contributed by atoms with E-state index in [-0.39, 0.29) is 0 Å². The molecule has 0 aliphatic rings. The third kappa shape index (κ3) is 4.50. The van der Waals surface area contributed by atoms with Crippen LogP contribution >= 0.6 is 10.3 Å². The number of ether oxygens (including phenoxy) is 1. The SMILES string of the molecule is COc1ccc(S(OS(=O)(=O)c2ccc(F)cc2F)(c2ccccc2)c2ccccc2)cc1. The minimum atomic E-state index is -4.66. The maximum atomic E-state index is 14.5. The molecule has 0 saturated carbocycles. The number of rotatable bonds is 7. The Balaban J connectivity index is 2.01. The van der Waals surface area contributed by atoms with E-state index >= 15 is 0 Å². The van der Waals surface area contributed by atoms with E-state index in [1.54, 1.807) is 84.9 Å². The van der Waals surface area contributed by atoms with Gasteiger partial charge in [0.05, 0.1) is 7.11 Å². The fourth-order valence-electron chi connectivity index (χ4n) is 3.37. The molecular formula is C25H20F2O4S2. The fourth-order valence-corrected chi connectivity index (χ4v) is 8.63. The van der Waals surface area contributed by atoms with Gasteiger partial charge in [-0.3, -0.25) is 0 Å². The first-order valence-electron chi connectivity index (χ1n) is 9.85. The van der Waals surface area contributed by atoms with E-state index in [9.17, 15) is 17.2 Å². The molecule has 0 saturated heterocycles. The lowest BCUT2D eigenvalue weighted by Gasteiger charge is -2.39. The van der Waals surface area contributed by atoms with Crippen molar-refractivity contribution in [3.05, 3.63) is 115 Å². The van der Waals surface area contributed by atoms with Crippen LogP contribution in [0.25, 0.3) is 0 Å². The Bertz CT molecular complexity index is 1310. The van der Waals surface area contributed by atoms with E-state index in [1.165, 1.54) is 7.11 Å². The van der Waals surface area contributed by atoms with Crippen molar-refractivity contribution in [2.24, 2.45) is 0 Å². The number of hydrogen-bond acceptors (Lipinski definition) is 4. The van der Waals surface area contributed by atoms with Crippen molar-refractivity contribution in [2.75, 3.05) is 7.11 Å². The lowest BCUT2D eigenvalue weighted by Crippen LogP contribution is -2.15. The zero-order valence-corrected chi connectivity index (χ0v) is 19.2. The molecule has 8 heteroatoms. The van der Waals surface area contributed by atoms with Crippen molar-refractivity contribution in [1.82, 2.24) is 0 Å². The van der Waals surface area contributed by atoms with Crippen molar-refractivity contribution in [3.63, 3.8) is 0 Å². The summed E-state index contributed by atoms with van der Waals surface area (Å²) < 4.78 is 66.1. The van der Waals surface area contributed by atoms with Gasteiger partial charge in [0, 0.05) is 20.8 Å². The lowest BCUT2D eigenvalue weighted by molar-refractivity contribution is 0.414. The van der Waals surface area contributed by atoms with E-state index < -0.39 is 37.0 Å². The van der Waals surface area contributed by atoms with Crippen LogP contribution in [0.5, 0.6) is 5.75 Å². The van der Waals surface area contributed by atoms with E-state index in [2.05, 4.69) is 0 Å². The second kappa shape index (κ2) is 9.35. The van der Waals surface area contributed by atoms with Crippen LogP contribution in [-0.4, -0.2) is 15.5 Å². The summed E-state index contributed by atoms with van der Waals surface area (Å²) in [5.74, 6) is -1.52. The third-order valence-electron chi connectivity index (χ3n) is 4.90. The Morgan fingerprint density at radius 3 is 1.67 bits per heavy atom. The Kier molecular flexibility index (Phi) is 6.51. The van der Waals surface area contributed by atoms with Crippen LogP contribution in [0, 0.1) is 11.6 Å². The van der Waals surface area contributed by atoms with Gasteiger partial charge in [-0.2, -0.15) is 8.42 Å². The van der Waals surface area contributed by atoms with Crippen LogP contribution in [0.15, 0.2) is 123 Å². The van der Waals surface area contributed by atoms with Crippen LogP contribution in [0.4, 0.5) is 8.78 Å². The second-order valence-electron chi connectivity index (χ2n) is 6.95. The molecule has 0 aliphatic heterocycles. The molecule has 0 radical (unpaired) electrons. The summed E-state index contributed by atoms with van der Waals surface area (Å²) in [6.07, 6.45) is 0. The fraction of sp³-hybridized carbons (Fsp3) is 0.0400. The Morgan fingerprint density at radius 2 is 1.18 bits per heavy atom. The predicted molar refractivity (Wildman–Crippen MR) is 123 cm³/mol. The van der Waals surface area contributed by atoms with Crippen molar-refractivity contribution in [2.45, 2.75) is 19.6 Å². The van der Waals surface area contributed by atoms with Gasteiger partial charge in [0.2, 0.25) is 0 Å². The van der Waals surface area contributed by atoms with Crippen LogP contribution in [0.2, 0.25) is 0 Å². The van der Waals surface area contributed by atoms with Crippen molar-refractivity contribution in [1.29, 1.82) is 0 Å². The highest BCUT2D eigenvalue weighted by atomic mass is 32.3. The van der Waals surface area contributed by atoms with Gasteiger partial charge >= 0.3 is 10.1 Å². The Hall–Kier alpha value is -3.20. The molecule has 4 rings (SSSR count). The van der Waals surface area contributed by atoms with Crippen LogP contribution in [0.3, 0.4) is 0 Å². The van der Waals surface area contributed by atoms with E-state index in [1.807, 2.05) is 0 Å². The summed E-state index contributed by atoms with van der Waals surface area (Å²) in [5.41, 5.74) is 0. The summed E-state index contributed by atoms with van der Waals surface area (Å²) >= 11 is 0. The molecule has 0 bridgehead atoms. The van der Waals surface area contributed by atoms with Gasteiger partial charge in [-0.05, 0) is 71.0 Å². The molecular weight excluding hydrogens is 466 g/mol. The summed E-state index contributed by atoms with van der Waals surface area (Å²) in [6.45, 7) is 0. The van der Waals surface area contributed by atoms with Gasteiger partial charge in [0.1, 0.15) is 22.3 Å². The molecule has 4 aromatic carbocycles. The summed E-state index contributed by atoms with van der Waals surface area (Å²) in [4.78, 5) is 1.01. The maximum absolute atomic E-state index is 14.5. The van der Waals surface area contributed by atoms with Crippen LogP contribution < -0.4 is 4.74 Å². The molecule has 33 heavy (non-hydrogen) atoms. The quantitative estimate of drug-likeness (QED) is 0.296. The monoisotopic (exact) mass is 486 g/mol. The molecule has 0 unspecified atom stereocenters. The minimum absolute atomic E-state index is 0.520. The first-order valence-corrected chi connectivity index (χ1v) is 12.8. The highest BCUT2D eigenvalue weighted by molar-refractivity contribution is 8.33. The zero-order chi connectivity index (χ0) is 23.5. The third-order valence-corrected chi connectivity index (χ3v) is 10.1. The zero-order valence-electron chi connectivity index (χ0n) is 17.5. The Morgan fingerprint density at radius 1 is 0.667 bits per heavy atom. The number of hydrogen-bond donors (Lipinski definition) is 0. The maximum Gasteiger partial charge on any atom is 0.310 e. The molecule has 4 nitrogen and oxygen atoms in total. The molecule has 0 heterocycles. The van der Waals surface area contributed by atoms with Gasteiger partial charge in [0.25, 0.3) is 0 Å². The van der Waals surface area contributed by atoms with Gasteiger partial charge in [-0.25, -0.2) is 12.4 Å². The van der Waals surface area contributed by atoms with E-state index in [0.717, 1.165) is 12.1 Å². The molecule has 0 amide bonds. The summed E-state index contributed by atoms with van der Waals surface area (Å²) in [5, 5.41) is 0. The molecule has 0 N–H and O–H groups in total. The molecule has 170 valence electrons. The van der Waals surface area contributed by atoms with Crippen LogP contribution in [0.1, 0.15) is 0 Å². The van der Waals surface area contributed by atoms with Crippen LogP contribution in [-0.2, 0) is 13.7 Å². The normalized spacial score (nSPS) is 12.3. The molecule has 0 aliphatic carbocycles. The number of halogens is 2. The van der Waals surface area contributed by atoms with E-state index in [0.29, 0.717) is 26.5 Å². The topological polar surface area (TPSA) is 52.6 Å². The van der Waals surface area contributed by atoms with Gasteiger partial charge in [0.15, 0.2) is 0 Å². The minimum Gasteiger partial charge on any atom is -0.497 e. The van der Waals surface area contributed by atoms with Gasteiger partial charge in [-0.1, -0.05) is 36.4 Å². The smallest absolute Gasteiger partial charge is 0.310 e. The van der Waals surface area contributed by atoms with Crippen molar-refractivity contribution < 1.29 is 25.6 Å². The van der Waals surface area contributed by atoms with Gasteiger partial charge < -0.3 is 4.74 Å². The molecule has 0 spiro atoms. The second-order valence-corrected chi connectivity index (χ2v) is 11.4. The predicted octanol–water partition coefficient (Wildman–Crippen LogP) is 6.58. The highest BCUT2D eigenvalue weighted by Crippen LogP contribution is 2.70. The Labute approximate surface area is 193 Å². The first kappa shape index (κ1) is 23.0. The molecule has 4 aromatic rings. The number of methoxy groups -OCH3 is 1. The summed E-state index contributed by atoms with van der Waals surface area (Å²) in [7, 11) is -6.03. The van der Waals surface area contributed by atoms with Gasteiger partial charge in [-0.15, -0.1) is 0 Å². The molecule has 0 atom stereocenters. The first-order chi connectivity index (χ1) is 15.9. The molecule has 0 aromatic heterocycles. The van der Waals surface area contributed by atoms with Crippen molar-refractivity contribution in [3.8, 4) is 5.75 Å². The average molecular weight is 487 g/mol. The number of benzene rings is 4. The lowest BCUT2D eigenvalue weighted by atomic mass is 10.3. The van der Waals surface area contributed by atoms with E-state index in [4.69, 9.17) is 8.37 Å².